The maximum Gasteiger partial charge on any atom is 0.283 e. The van der Waals surface area contributed by atoms with Crippen LogP contribution in [0.25, 0.3) is 0 Å². The van der Waals surface area contributed by atoms with Crippen LogP contribution in [0.15, 0.2) is 0 Å². The first-order valence-electron chi connectivity index (χ1n) is 4.91. The molecule has 0 aliphatic heterocycles. The Labute approximate surface area is 96.2 Å². The van der Waals surface area contributed by atoms with E-state index in [9.17, 15) is 18.0 Å². The number of amides is 1. The van der Waals surface area contributed by atoms with Crippen molar-refractivity contribution < 1.29 is 18.0 Å². The molecule has 1 aromatic rings. The number of nitrogens with zero attached hydrogens (tertiary/aromatic N) is 3. The van der Waals surface area contributed by atoms with Crippen LogP contribution in [0.3, 0.4) is 0 Å². The van der Waals surface area contributed by atoms with Crippen molar-refractivity contribution in [1.82, 2.24) is 20.2 Å². The lowest BCUT2D eigenvalue weighted by Crippen LogP contribution is -2.37. The normalized spacial score (nSPS) is 11.3. The minimum atomic E-state index is -3.00. The molecule has 0 bridgehead atoms. The molecule has 1 aromatic heterocycles. The second kappa shape index (κ2) is 5.17. The molecular formula is C9H13F3N4O. The van der Waals surface area contributed by atoms with Gasteiger partial charge in [0.15, 0.2) is 0 Å². The number of nitrogens with one attached hydrogen (secondary N) is 1. The second-order valence-corrected chi connectivity index (χ2v) is 3.50. The van der Waals surface area contributed by atoms with Crippen LogP contribution < -0.4 is 5.43 Å². The molecule has 96 valence electrons. The first kappa shape index (κ1) is 13.5. The summed E-state index contributed by atoms with van der Waals surface area (Å²) in [5, 5.41) is 4.60. The van der Waals surface area contributed by atoms with Gasteiger partial charge in [0.25, 0.3) is 12.3 Å². The SMILES string of the molecule is CCn1nc(C(F)F)c(C(=O)NN(C)C)c1F. The van der Waals surface area contributed by atoms with Crippen molar-refractivity contribution in [3.8, 4) is 0 Å². The summed E-state index contributed by atoms with van der Waals surface area (Å²) in [5.74, 6) is -2.00. The number of hydrogen-bond acceptors (Lipinski definition) is 3. The van der Waals surface area contributed by atoms with Crippen molar-refractivity contribution in [3.05, 3.63) is 17.2 Å². The third-order valence-corrected chi connectivity index (χ3v) is 1.98. The van der Waals surface area contributed by atoms with E-state index in [0.717, 1.165) is 4.68 Å². The van der Waals surface area contributed by atoms with E-state index in [1.165, 1.54) is 19.1 Å². The number of alkyl halides is 2. The lowest BCUT2D eigenvalue weighted by molar-refractivity contribution is 0.0838. The summed E-state index contributed by atoms with van der Waals surface area (Å²) in [5.41, 5.74) is 0.644. The van der Waals surface area contributed by atoms with Crippen LogP contribution in [-0.2, 0) is 6.54 Å². The maximum atomic E-state index is 13.6. The Bertz CT molecular complexity index is 417. The molecule has 0 spiro atoms. The monoisotopic (exact) mass is 250 g/mol. The van der Waals surface area contributed by atoms with Crippen LogP contribution >= 0.6 is 0 Å². The number of aryl methyl sites for hydroxylation is 1. The predicted molar refractivity (Wildman–Crippen MR) is 54.0 cm³/mol. The molecule has 17 heavy (non-hydrogen) atoms. The number of carbonyl (C=O) groups is 1. The minimum Gasteiger partial charge on any atom is -0.285 e. The average Bonchev–Trinajstić information content (AvgIpc) is 2.54. The topological polar surface area (TPSA) is 50.2 Å². The van der Waals surface area contributed by atoms with Crippen LogP contribution in [0.5, 0.6) is 0 Å². The number of aromatic nitrogens is 2. The quantitative estimate of drug-likeness (QED) is 0.816. The number of hydrogen-bond donors (Lipinski definition) is 1. The molecule has 0 aliphatic carbocycles. The van der Waals surface area contributed by atoms with Gasteiger partial charge in [-0.05, 0) is 6.92 Å². The number of carbonyl (C=O) groups excluding carboxylic acids is 1. The van der Waals surface area contributed by atoms with Gasteiger partial charge in [-0.25, -0.2) is 18.5 Å². The fourth-order valence-electron chi connectivity index (χ4n) is 1.29. The van der Waals surface area contributed by atoms with Crippen LogP contribution in [-0.4, -0.2) is 34.8 Å². The average molecular weight is 250 g/mol. The Kier molecular flexibility index (Phi) is 4.11. The number of rotatable bonds is 4. The van der Waals surface area contributed by atoms with E-state index in [0.29, 0.717) is 0 Å². The fourth-order valence-corrected chi connectivity index (χ4v) is 1.29. The Morgan fingerprint density at radius 3 is 2.53 bits per heavy atom. The van der Waals surface area contributed by atoms with E-state index in [2.05, 4.69) is 10.5 Å². The molecule has 0 saturated carbocycles. The van der Waals surface area contributed by atoms with Gasteiger partial charge in [0.1, 0.15) is 11.3 Å². The molecule has 1 amide bonds. The van der Waals surface area contributed by atoms with Gasteiger partial charge in [0, 0.05) is 20.6 Å². The van der Waals surface area contributed by atoms with Gasteiger partial charge in [-0.2, -0.15) is 9.49 Å². The first-order valence-corrected chi connectivity index (χ1v) is 4.91. The molecule has 0 atom stereocenters. The summed E-state index contributed by atoms with van der Waals surface area (Å²) in [7, 11) is 2.98. The highest BCUT2D eigenvalue weighted by Gasteiger charge is 2.29. The van der Waals surface area contributed by atoms with E-state index in [4.69, 9.17) is 0 Å². The highest BCUT2D eigenvalue weighted by atomic mass is 19.3. The van der Waals surface area contributed by atoms with E-state index in [-0.39, 0.29) is 6.54 Å². The summed E-state index contributed by atoms with van der Waals surface area (Å²) in [6.07, 6.45) is -3.00. The van der Waals surface area contributed by atoms with Crippen LogP contribution in [0, 0.1) is 5.95 Å². The highest BCUT2D eigenvalue weighted by Crippen LogP contribution is 2.23. The Morgan fingerprint density at radius 2 is 2.12 bits per heavy atom. The Morgan fingerprint density at radius 1 is 1.53 bits per heavy atom. The summed E-state index contributed by atoms with van der Waals surface area (Å²) in [4.78, 5) is 11.6. The van der Waals surface area contributed by atoms with Gasteiger partial charge in [-0.1, -0.05) is 0 Å². The van der Waals surface area contributed by atoms with Gasteiger partial charge < -0.3 is 0 Å². The van der Waals surface area contributed by atoms with Gasteiger partial charge in [-0.3, -0.25) is 10.2 Å². The van der Waals surface area contributed by atoms with Gasteiger partial charge in [-0.15, -0.1) is 0 Å². The van der Waals surface area contributed by atoms with Gasteiger partial charge >= 0.3 is 0 Å². The molecular weight excluding hydrogens is 237 g/mol. The van der Waals surface area contributed by atoms with E-state index < -0.39 is 29.5 Å². The molecule has 5 nitrogen and oxygen atoms in total. The molecule has 1 heterocycles. The van der Waals surface area contributed by atoms with Crippen LogP contribution in [0.1, 0.15) is 29.4 Å². The maximum absolute atomic E-state index is 13.6. The van der Waals surface area contributed by atoms with Crippen LogP contribution in [0.4, 0.5) is 13.2 Å². The molecule has 1 rings (SSSR count). The van der Waals surface area contributed by atoms with Crippen molar-refractivity contribution in [2.75, 3.05) is 14.1 Å². The summed E-state index contributed by atoms with van der Waals surface area (Å²) < 4.78 is 39.6. The van der Waals surface area contributed by atoms with Crippen molar-refractivity contribution in [1.29, 1.82) is 0 Å². The van der Waals surface area contributed by atoms with E-state index >= 15 is 0 Å². The third kappa shape index (κ3) is 2.76. The molecule has 8 heteroatoms. The van der Waals surface area contributed by atoms with Gasteiger partial charge in [0.05, 0.1) is 0 Å². The fraction of sp³-hybridized carbons (Fsp3) is 0.556. The Hall–Kier alpha value is -1.57. The second-order valence-electron chi connectivity index (χ2n) is 3.50. The van der Waals surface area contributed by atoms with Gasteiger partial charge in [0.2, 0.25) is 5.95 Å². The third-order valence-electron chi connectivity index (χ3n) is 1.98. The highest BCUT2D eigenvalue weighted by molar-refractivity contribution is 5.95. The lowest BCUT2D eigenvalue weighted by Gasteiger charge is -2.11. The zero-order valence-electron chi connectivity index (χ0n) is 9.67. The molecule has 0 fully saturated rings. The van der Waals surface area contributed by atoms with Crippen molar-refractivity contribution in [2.24, 2.45) is 0 Å². The summed E-state index contributed by atoms with van der Waals surface area (Å²) >= 11 is 0. The summed E-state index contributed by atoms with van der Waals surface area (Å²) in [6, 6.07) is 0. The van der Waals surface area contributed by atoms with E-state index in [1.54, 1.807) is 6.92 Å². The largest absolute Gasteiger partial charge is 0.285 e. The van der Waals surface area contributed by atoms with Crippen molar-refractivity contribution in [3.63, 3.8) is 0 Å². The zero-order chi connectivity index (χ0) is 13.2. The molecule has 0 saturated heterocycles. The molecule has 0 unspecified atom stereocenters. The molecule has 0 aliphatic rings. The minimum absolute atomic E-state index is 0.0702. The molecule has 0 aromatic carbocycles. The lowest BCUT2D eigenvalue weighted by atomic mass is 10.2. The summed E-state index contributed by atoms with van der Waals surface area (Å²) in [6.45, 7) is 1.61. The molecule has 0 radical (unpaired) electrons. The van der Waals surface area contributed by atoms with Crippen molar-refractivity contribution in [2.45, 2.75) is 19.9 Å². The number of halogens is 3. The zero-order valence-corrected chi connectivity index (χ0v) is 9.67. The predicted octanol–water partition coefficient (Wildman–Crippen LogP) is 1.19. The van der Waals surface area contributed by atoms with E-state index in [1.807, 2.05) is 0 Å². The van der Waals surface area contributed by atoms with Crippen molar-refractivity contribution >= 4 is 5.91 Å². The first-order chi connectivity index (χ1) is 7.88. The standard InChI is InChI=1S/C9H13F3N4O/c1-4-16-8(12)5(6(13-16)7(10)11)9(17)14-15(2)3/h7H,4H2,1-3H3,(H,14,17). The molecule has 1 N–H and O–H groups in total. The van der Waals surface area contributed by atoms with Crippen LogP contribution in [0.2, 0.25) is 0 Å². The number of hydrazine groups is 1. The Balaban J connectivity index is 3.20. The smallest absolute Gasteiger partial charge is 0.283 e.